The van der Waals surface area contributed by atoms with E-state index in [4.69, 9.17) is 0 Å². The first kappa shape index (κ1) is 16.8. The second-order valence-corrected chi connectivity index (χ2v) is 6.13. The summed E-state index contributed by atoms with van der Waals surface area (Å²) in [6.07, 6.45) is 0.911. The number of carbonyl (C=O) groups excluding carboxylic acids is 3. The summed E-state index contributed by atoms with van der Waals surface area (Å²) in [4.78, 5) is 36.2. The SMILES string of the molecule is CC(=O)c1ccc(NC(=O)C2(C(=O)Nc3ccc(F)cc3)CC2)cc1. The first-order valence-electron chi connectivity index (χ1n) is 7.90. The summed E-state index contributed by atoms with van der Waals surface area (Å²) in [7, 11) is 0. The van der Waals surface area contributed by atoms with Crippen LogP contribution in [0.3, 0.4) is 0 Å². The predicted octanol–water partition coefficient (Wildman–Crippen LogP) is 3.39. The number of ketones is 1. The maximum atomic E-state index is 12.9. The van der Waals surface area contributed by atoms with E-state index in [0.29, 0.717) is 29.8 Å². The van der Waals surface area contributed by atoms with Crippen LogP contribution in [0, 0.1) is 11.2 Å². The largest absolute Gasteiger partial charge is 0.325 e. The van der Waals surface area contributed by atoms with E-state index in [1.54, 1.807) is 24.3 Å². The van der Waals surface area contributed by atoms with Crippen molar-refractivity contribution in [1.82, 2.24) is 0 Å². The second-order valence-electron chi connectivity index (χ2n) is 6.13. The summed E-state index contributed by atoms with van der Waals surface area (Å²) in [5, 5.41) is 5.37. The number of carbonyl (C=O) groups is 3. The molecule has 2 aromatic carbocycles. The molecule has 0 atom stereocenters. The van der Waals surface area contributed by atoms with Crippen molar-refractivity contribution in [1.29, 1.82) is 0 Å². The third-order valence-electron chi connectivity index (χ3n) is 4.27. The van der Waals surface area contributed by atoms with Crippen molar-refractivity contribution in [2.24, 2.45) is 5.41 Å². The van der Waals surface area contributed by atoms with Crippen LogP contribution >= 0.6 is 0 Å². The van der Waals surface area contributed by atoms with Crippen LogP contribution in [-0.4, -0.2) is 17.6 Å². The molecule has 0 saturated heterocycles. The van der Waals surface area contributed by atoms with Gasteiger partial charge in [0.15, 0.2) is 5.78 Å². The molecule has 5 nitrogen and oxygen atoms in total. The molecule has 1 aliphatic rings. The minimum Gasteiger partial charge on any atom is -0.325 e. The molecule has 0 heterocycles. The summed E-state index contributed by atoms with van der Waals surface area (Å²) < 4.78 is 12.9. The molecule has 1 fully saturated rings. The van der Waals surface area contributed by atoms with Crippen LogP contribution in [0.2, 0.25) is 0 Å². The van der Waals surface area contributed by atoms with E-state index in [1.165, 1.54) is 31.2 Å². The van der Waals surface area contributed by atoms with E-state index in [2.05, 4.69) is 10.6 Å². The van der Waals surface area contributed by atoms with Crippen molar-refractivity contribution in [3.05, 3.63) is 59.9 Å². The first-order chi connectivity index (χ1) is 11.9. The molecule has 128 valence electrons. The Morgan fingerprint density at radius 3 is 1.68 bits per heavy atom. The number of anilines is 2. The van der Waals surface area contributed by atoms with E-state index in [-0.39, 0.29) is 11.7 Å². The zero-order valence-electron chi connectivity index (χ0n) is 13.6. The summed E-state index contributed by atoms with van der Waals surface area (Å²) in [6.45, 7) is 1.46. The van der Waals surface area contributed by atoms with Gasteiger partial charge in [0.2, 0.25) is 11.8 Å². The van der Waals surface area contributed by atoms with Crippen LogP contribution in [0.25, 0.3) is 0 Å². The number of rotatable bonds is 5. The van der Waals surface area contributed by atoms with Gasteiger partial charge in [0, 0.05) is 16.9 Å². The fourth-order valence-corrected chi connectivity index (χ4v) is 2.51. The molecule has 2 aromatic rings. The van der Waals surface area contributed by atoms with Crippen LogP contribution < -0.4 is 10.6 Å². The van der Waals surface area contributed by atoms with Crippen molar-refractivity contribution >= 4 is 29.0 Å². The maximum absolute atomic E-state index is 12.9. The quantitative estimate of drug-likeness (QED) is 0.647. The first-order valence-corrected chi connectivity index (χ1v) is 7.90. The number of nitrogens with one attached hydrogen (secondary N) is 2. The minimum absolute atomic E-state index is 0.0600. The molecule has 0 bridgehead atoms. The lowest BCUT2D eigenvalue weighted by Gasteiger charge is -2.15. The highest BCUT2D eigenvalue weighted by molar-refractivity contribution is 6.17. The fraction of sp³-hybridized carbons (Fsp3) is 0.211. The molecule has 0 unspecified atom stereocenters. The number of benzene rings is 2. The van der Waals surface area contributed by atoms with Crippen LogP contribution in [0.5, 0.6) is 0 Å². The number of amides is 2. The molecule has 0 aromatic heterocycles. The van der Waals surface area contributed by atoms with Crippen molar-refractivity contribution in [3.63, 3.8) is 0 Å². The predicted molar refractivity (Wildman–Crippen MR) is 91.8 cm³/mol. The third-order valence-corrected chi connectivity index (χ3v) is 4.27. The Labute approximate surface area is 144 Å². The Kier molecular flexibility index (Phi) is 4.35. The highest BCUT2D eigenvalue weighted by Gasteiger charge is 2.56. The highest BCUT2D eigenvalue weighted by Crippen LogP contribution is 2.47. The molecule has 0 spiro atoms. The van der Waals surface area contributed by atoms with Crippen molar-refractivity contribution in [2.45, 2.75) is 19.8 Å². The summed E-state index contributed by atoms with van der Waals surface area (Å²) in [6, 6.07) is 11.9. The molecular weight excluding hydrogens is 323 g/mol. The van der Waals surface area contributed by atoms with Gasteiger partial charge in [0.25, 0.3) is 0 Å². The molecule has 2 amide bonds. The van der Waals surface area contributed by atoms with Crippen LogP contribution in [0.15, 0.2) is 48.5 Å². The lowest BCUT2D eigenvalue weighted by atomic mass is 10.0. The van der Waals surface area contributed by atoms with Crippen molar-refractivity contribution in [3.8, 4) is 0 Å². The van der Waals surface area contributed by atoms with Crippen LogP contribution in [-0.2, 0) is 9.59 Å². The molecular formula is C19H17FN2O3. The van der Waals surface area contributed by atoms with Crippen molar-refractivity contribution < 1.29 is 18.8 Å². The molecule has 6 heteroatoms. The zero-order chi connectivity index (χ0) is 18.0. The smallest absolute Gasteiger partial charge is 0.240 e. The van der Waals surface area contributed by atoms with Gasteiger partial charge in [-0.05, 0) is 68.3 Å². The van der Waals surface area contributed by atoms with Crippen molar-refractivity contribution in [2.75, 3.05) is 10.6 Å². The molecule has 1 saturated carbocycles. The normalized spacial score (nSPS) is 14.5. The van der Waals surface area contributed by atoms with Gasteiger partial charge in [-0.15, -0.1) is 0 Å². The van der Waals surface area contributed by atoms with Gasteiger partial charge in [0.05, 0.1) is 0 Å². The summed E-state index contributed by atoms with van der Waals surface area (Å²) >= 11 is 0. The zero-order valence-corrected chi connectivity index (χ0v) is 13.6. The Hall–Kier alpha value is -3.02. The molecule has 25 heavy (non-hydrogen) atoms. The van der Waals surface area contributed by atoms with Crippen LogP contribution in [0.4, 0.5) is 15.8 Å². The molecule has 2 N–H and O–H groups in total. The second kappa shape index (κ2) is 6.47. The van der Waals surface area contributed by atoms with Gasteiger partial charge in [0.1, 0.15) is 11.2 Å². The average Bonchev–Trinajstić information content (AvgIpc) is 3.39. The minimum atomic E-state index is -1.10. The number of hydrogen-bond acceptors (Lipinski definition) is 3. The Morgan fingerprint density at radius 2 is 1.28 bits per heavy atom. The molecule has 0 radical (unpaired) electrons. The number of halogens is 1. The molecule has 3 rings (SSSR count). The van der Waals surface area contributed by atoms with E-state index >= 15 is 0 Å². The lowest BCUT2D eigenvalue weighted by Crippen LogP contribution is -2.35. The summed E-state index contributed by atoms with van der Waals surface area (Å²) in [5.41, 5.74) is 0.411. The van der Waals surface area contributed by atoms with Gasteiger partial charge >= 0.3 is 0 Å². The standard InChI is InChI=1S/C19H17FN2O3/c1-12(23)13-2-6-15(7-3-13)21-17(24)19(10-11-19)18(25)22-16-8-4-14(20)5-9-16/h2-9H,10-11H2,1H3,(H,21,24)(H,22,25). The van der Waals surface area contributed by atoms with E-state index < -0.39 is 17.1 Å². The molecule has 0 aliphatic heterocycles. The monoisotopic (exact) mass is 340 g/mol. The van der Waals surface area contributed by atoms with Gasteiger partial charge < -0.3 is 10.6 Å². The molecule has 1 aliphatic carbocycles. The van der Waals surface area contributed by atoms with E-state index in [1.807, 2.05) is 0 Å². The Bertz CT molecular complexity index is 825. The van der Waals surface area contributed by atoms with E-state index in [9.17, 15) is 18.8 Å². The highest BCUT2D eigenvalue weighted by atomic mass is 19.1. The number of hydrogen-bond donors (Lipinski definition) is 2. The fourth-order valence-electron chi connectivity index (χ4n) is 2.51. The topological polar surface area (TPSA) is 75.3 Å². The number of Topliss-reactive ketones (excluding diaryl/α,β-unsaturated/α-hetero) is 1. The Morgan fingerprint density at radius 1 is 0.840 bits per heavy atom. The van der Waals surface area contributed by atoms with Gasteiger partial charge in [-0.3, -0.25) is 14.4 Å². The third kappa shape index (κ3) is 3.57. The maximum Gasteiger partial charge on any atom is 0.240 e. The average molecular weight is 340 g/mol. The summed E-state index contributed by atoms with van der Waals surface area (Å²) in [5.74, 6) is -1.25. The lowest BCUT2D eigenvalue weighted by molar-refractivity contribution is -0.131. The van der Waals surface area contributed by atoms with E-state index in [0.717, 1.165) is 0 Å². The van der Waals surface area contributed by atoms with Gasteiger partial charge in [-0.2, -0.15) is 0 Å². The van der Waals surface area contributed by atoms with Gasteiger partial charge in [-0.1, -0.05) is 0 Å². The Balaban J connectivity index is 1.67. The van der Waals surface area contributed by atoms with Gasteiger partial charge in [-0.25, -0.2) is 4.39 Å². The van der Waals surface area contributed by atoms with Crippen LogP contribution in [0.1, 0.15) is 30.1 Å².